The maximum absolute atomic E-state index is 11.6. The van der Waals surface area contributed by atoms with Gasteiger partial charge in [-0.15, -0.1) is 0 Å². The summed E-state index contributed by atoms with van der Waals surface area (Å²) >= 11 is 5.86. The number of urea groups is 1. The minimum atomic E-state index is -0.226. The number of nitriles is 1. The molecule has 2 amide bonds. The van der Waals surface area contributed by atoms with Gasteiger partial charge in [0.15, 0.2) is 0 Å². The van der Waals surface area contributed by atoms with Crippen LogP contribution in [0.3, 0.4) is 0 Å². The lowest BCUT2D eigenvalue weighted by atomic mass is 9.93. The number of benzene rings is 1. The second-order valence-electron chi connectivity index (χ2n) is 4.03. The van der Waals surface area contributed by atoms with E-state index in [2.05, 4.69) is 10.6 Å². The number of rotatable bonds is 2. The minimum Gasteiger partial charge on any atom is -0.335 e. The number of amides is 2. The summed E-state index contributed by atoms with van der Waals surface area (Å²) in [6.45, 7) is 0. The molecule has 1 aromatic carbocycles. The van der Waals surface area contributed by atoms with Crippen LogP contribution >= 0.6 is 11.6 Å². The molecule has 1 saturated carbocycles. The summed E-state index contributed by atoms with van der Waals surface area (Å²) < 4.78 is 0. The Balaban J connectivity index is 1.96. The molecule has 88 valence electrons. The molecule has 0 aliphatic heterocycles. The average molecular weight is 250 g/mol. The number of anilines is 1. The van der Waals surface area contributed by atoms with Gasteiger partial charge in [-0.2, -0.15) is 5.26 Å². The van der Waals surface area contributed by atoms with E-state index < -0.39 is 0 Å². The van der Waals surface area contributed by atoms with Gasteiger partial charge < -0.3 is 10.6 Å². The normalized spacial score (nSPS) is 14.6. The summed E-state index contributed by atoms with van der Waals surface area (Å²) in [6, 6.07) is 6.85. The van der Waals surface area contributed by atoms with Crippen LogP contribution in [-0.4, -0.2) is 12.1 Å². The molecule has 0 spiro atoms. The number of hydrogen-bond acceptors (Lipinski definition) is 2. The number of halogens is 1. The Hall–Kier alpha value is -1.73. The van der Waals surface area contributed by atoms with Crippen molar-refractivity contribution in [2.45, 2.75) is 25.3 Å². The predicted molar refractivity (Wildman–Crippen MR) is 66.0 cm³/mol. The largest absolute Gasteiger partial charge is 0.335 e. The number of carbonyl (C=O) groups excluding carboxylic acids is 1. The summed E-state index contributed by atoms with van der Waals surface area (Å²) in [5.41, 5.74) is 0.988. The number of nitrogens with one attached hydrogen (secondary N) is 2. The van der Waals surface area contributed by atoms with E-state index >= 15 is 0 Å². The smallest absolute Gasteiger partial charge is 0.319 e. The topological polar surface area (TPSA) is 64.9 Å². The molecule has 2 rings (SSSR count). The van der Waals surface area contributed by atoms with Gasteiger partial charge in [0.05, 0.1) is 10.6 Å². The quantitative estimate of drug-likeness (QED) is 0.846. The zero-order valence-electron chi connectivity index (χ0n) is 9.16. The van der Waals surface area contributed by atoms with Crippen LogP contribution in [0.15, 0.2) is 18.2 Å². The van der Waals surface area contributed by atoms with E-state index in [1.54, 1.807) is 18.2 Å². The Morgan fingerprint density at radius 1 is 1.47 bits per heavy atom. The molecule has 0 unspecified atom stereocenters. The van der Waals surface area contributed by atoms with E-state index in [1.165, 1.54) is 6.42 Å². The Labute approximate surface area is 105 Å². The van der Waals surface area contributed by atoms with Crippen molar-refractivity contribution in [2.75, 3.05) is 5.32 Å². The minimum absolute atomic E-state index is 0.226. The molecular weight excluding hydrogens is 238 g/mol. The van der Waals surface area contributed by atoms with Gasteiger partial charge >= 0.3 is 6.03 Å². The fourth-order valence-electron chi connectivity index (χ4n) is 1.59. The second-order valence-corrected chi connectivity index (χ2v) is 4.44. The molecule has 0 bridgehead atoms. The van der Waals surface area contributed by atoms with Gasteiger partial charge in [-0.25, -0.2) is 4.79 Å². The molecule has 0 saturated heterocycles. The summed E-state index contributed by atoms with van der Waals surface area (Å²) in [7, 11) is 0. The Morgan fingerprint density at radius 3 is 2.76 bits per heavy atom. The molecule has 1 aliphatic carbocycles. The van der Waals surface area contributed by atoms with Crippen molar-refractivity contribution in [3.05, 3.63) is 28.8 Å². The molecule has 1 fully saturated rings. The molecule has 0 heterocycles. The highest BCUT2D eigenvalue weighted by atomic mass is 35.5. The van der Waals surface area contributed by atoms with Crippen LogP contribution in [-0.2, 0) is 0 Å². The van der Waals surface area contributed by atoms with Gasteiger partial charge in [-0.05, 0) is 37.5 Å². The van der Waals surface area contributed by atoms with Gasteiger partial charge in [0, 0.05) is 11.7 Å². The molecule has 0 aromatic heterocycles. The summed E-state index contributed by atoms with van der Waals surface area (Å²) in [4.78, 5) is 11.6. The van der Waals surface area contributed by atoms with Crippen LogP contribution < -0.4 is 10.6 Å². The highest BCUT2D eigenvalue weighted by Gasteiger charge is 2.19. The van der Waals surface area contributed by atoms with Crippen LogP contribution in [0.2, 0.25) is 5.02 Å². The maximum Gasteiger partial charge on any atom is 0.319 e. The van der Waals surface area contributed by atoms with Crippen LogP contribution in [0.4, 0.5) is 10.5 Å². The van der Waals surface area contributed by atoms with E-state index in [9.17, 15) is 4.79 Å². The summed E-state index contributed by atoms with van der Waals surface area (Å²) in [6.07, 6.45) is 3.26. The summed E-state index contributed by atoms with van der Waals surface area (Å²) in [5, 5.41) is 14.6. The zero-order valence-corrected chi connectivity index (χ0v) is 9.92. The van der Waals surface area contributed by atoms with E-state index in [1.807, 2.05) is 6.07 Å². The molecule has 5 heteroatoms. The molecule has 0 radical (unpaired) electrons. The van der Waals surface area contributed by atoms with E-state index in [0.29, 0.717) is 22.3 Å². The van der Waals surface area contributed by atoms with Crippen molar-refractivity contribution >= 4 is 23.3 Å². The first-order chi connectivity index (χ1) is 8.19. The first-order valence-corrected chi connectivity index (χ1v) is 5.84. The van der Waals surface area contributed by atoms with Gasteiger partial charge in [-0.3, -0.25) is 0 Å². The second kappa shape index (κ2) is 5.07. The van der Waals surface area contributed by atoms with Crippen LogP contribution in [0.25, 0.3) is 0 Å². The van der Waals surface area contributed by atoms with Gasteiger partial charge in [-0.1, -0.05) is 11.6 Å². The van der Waals surface area contributed by atoms with E-state index in [-0.39, 0.29) is 6.03 Å². The average Bonchev–Trinajstić information content (AvgIpc) is 2.24. The first-order valence-electron chi connectivity index (χ1n) is 5.46. The van der Waals surface area contributed by atoms with Crippen molar-refractivity contribution in [3.8, 4) is 6.07 Å². The molecular formula is C12H12ClN3O. The number of hydrogen-bond donors (Lipinski definition) is 2. The Bertz CT molecular complexity index is 477. The lowest BCUT2D eigenvalue weighted by Gasteiger charge is -2.26. The Morgan fingerprint density at radius 2 is 2.24 bits per heavy atom. The van der Waals surface area contributed by atoms with Crippen molar-refractivity contribution in [3.63, 3.8) is 0 Å². The molecule has 17 heavy (non-hydrogen) atoms. The van der Waals surface area contributed by atoms with E-state index in [0.717, 1.165) is 12.8 Å². The predicted octanol–water partition coefficient (Wildman–Crippen LogP) is 2.89. The third kappa shape index (κ3) is 2.89. The summed E-state index contributed by atoms with van der Waals surface area (Å²) in [5.74, 6) is 0. The Kier molecular flexibility index (Phi) is 3.50. The van der Waals surface area contributed by atoms with Crippen LogP contribution in [0.1, 0.15) is 24.8 Å². The van der Waals surface area contributed by atoms with Gasteiger partial charge in [0.2, 0.25) is 0 Å². The highest BCUT2D eigenvalue weighted by Crippen LogP contribution is 2.21. The third-order valence-electron chi connectivity index (χ3n) is 2.79. The fourth-order valence-corrected chi connectivity index (χ4v) is 1.81. The van der Waals surface area contributed by atoms with Gasteiger partial charge in [0.1, 0.15) is 6.07 Å². The zero-order chi connectivity index (χ0) is 12.3. The molecule has 4 nitrogen and oxygen atoms in total. The third-order valence-corrected chi connectivity index (χ3v) is 3.10. The molecule has 1 aliphatic rings. The van der Waals surface area contributed by atoms with Crippen molar-refractivity contribution in [2.24, 2.45) is 0 Å². The van der Waals surface area contributed by atoms with Crippen molar-refractivity contribution in [1.29, 1.82) is 5.26 Å². The van der Waals surface area contributed by atoms with Crippen LogP contribution in [0.5, 0.6) is 0 Å². The maximum atomic E-state index is 11.6. The fraction of sp³-hybridized carbons (Fsp3) is 0.333. The number of carbonyl (C=O) groups is 1. The highest BCUT2D eigenvalue weighted by molar-refractivity contribution is 6.32. The molecule has 0 atom stereocenters. The van der Waals surface area contributed by atoms with E-state index in [4.69, 9.17) is 16.9 Å². The standard InChI is InChI=1S/C12H12ClN3O/c13-11-6-10(5-4-8(11)7-14)16-12(17)15-9-2-1-3-9/h4-6,9H,1-3H2,(H2,15,16,17). The lowest BCUT2D eigenvalue weighted by molar-refractivity contribution is 0.240. The first kappa shape index (κ1) is 11.7. The SMILES string of the molecule is N#Cc1ccc(NC(=O)NC2CCC2)cc1Cl. The van der Waals surface area contributed by atoms with Crippen molar-refractivity contribution < 1.29 is 4.79 Å². The monoisotopic (exact) mass is 249 g/mol. The number of nitrogens with zero attached hydrogens (tertiary/aromatic N) is 1. The van der Waals surface area contributed by atoms with Crippen LogP contribution in [0, 0.1) is 11.3 Å². The van der Waals surface area contributed by atoms with Crippen molar-refractivity contribution in [1.82, 2.24) is 5.32 Å². The van der Waals surface area contributed by atoms with Gasteiger partial charge in [0.25, 0.3) is 0 Å². The lowest BCUT2D eigenvalue weighted by Crippen LogP contribution is -2.41. The molecule has 2 N–H and O–H groups in total. The molecule has 1 aromatic rings.